The molecule has 0 spiro atoms. The van der Waals surface area contributed by atoms with Crippen LogP contribution < -0.4 is 4.90 Å². The van der Waals surface area contributed by atoms with E-state index in [0.29, 0.717) is 26.8 Å². The van der Waals surface area contributed by atoms with Crippen LogP contribution in [0.3, 0.4) is 0 Å². The molecule has 0 aliphatic carbocycles. The van der Waals surface area contributed by atoms with Crippen molar-refractivity contribution in [2.45, 2.75) is 42.3 Å². The number of benzene rings is 3. The number of aliphatic hydroxyl groups excluding tert-OH is 1. The van der Waals surface area contributed by atoms with Crippen LogP contribution in [0.5, 0.6) is 0 Å². The van der Waals surface area contributed by atoms with Gasteiger partial charge in [-0.3, -0.25) is 14.5 Å². The molecule has 1 aromatic heterocycles. The molecule has 1 aliphatic heterocycles. The summed E-state index contributed by atoms with van der Waals surface area (Å²) >= 11 is 2.44. The first-order valence-electron chi connectivity index (χ1n) is 12.3. The number of halogens is 1. The van der Waals surface area contributed by atoms with Crippen molar-refractivity contribution in [3.63, 3.8) is 0 Å². The van der Waals surface area contributed by atoms with Crippen LogP contribution in [0.4, 0.5) is 9.52 Å². The number of rotatable bonds is 6. The molecule has 1 amide bonds. The summed E-state index contributed by atoms with van der Waals surface area (Å²) in [5.41, 5.74) is 2.62. The first-order valence-corrected chi connectivity index (χ1v) is 14.1. The minimum absolute atomic E-state index is 0.00883. The number of hydrogen-bond acceptors (Lipinski definition) is 7. The molecule has 9 heteroatoms. The summed E-state index contributed by atoms with van der Waals surface area (Å²) in [5.74, 6) is -1.80. The van der Waals surface area contributed by atoms with Crippen molar-refractivity contribution in [1.82, 2.24) is 10.2 Å². The van der Waals surface area contributed by atoms with E-state index in [4.69, 9.17) is 0 Å². The summed E-state index contributed by atoms with van der Waals surface area (Å²) in [6.07, 6.45) is 0. The van der Waals surface area contributed by atoms with Crippen molar-refractivity contribution in [2.75, 3.05) is 4.90 Å². The van der Waals surface area contributed by atoms with Gasteiger partial charge in [0, 0.05) is 11.3 Å². The number of nitrogens with zero attached hydrogens (tertiary/aromatic N) is 3. The van der Waals surface area contributed by atoms with Gasteiger partial charge in [-0.05, 0) is 28.2 Å². The van der Waals surface area contributed by atoms with Crippen molar-refractivity contribution in [1.29, 1.82) is 0 Å². The van der Waals surface area contributed by atoms with Gasteiger partial charge >= 0.3 is 5.91 Å². The first kappa shape index (κ1) is 26.8. The minimum atomic E-state index is -0.892. The average Bonchev–Trinajstić information content (AvgIpc) is 3.50. The number of aliphatic hydroxyl groups is 1. The highest BCUT2D eigenvalue weighted by molar-refractivity contribution is 8.00. The molecule has 4 aromatic rings. The molecule has 1 fully saturated rings. The van der Waals surface area contributed by atoms with E-state index < -0.39 is 17.7 Å². The van der Waals surface area contributed by atoms with E-state index in [1.165, 1.54) is 22.7 Å². The second-order valence-corrected chi connectivity index (χ2v) is 12.3. The van der Waals surface area contributed by atoms with Crippen LogP contribution in [0.1, 0.15) is 49.1 Å². The Morgan fingerprint density at radius 3 is 2.31 bits per heavy atom. The summed E-state index contributed by atoms with van der Waals surface area (Å²) < 4.78 is 14.6. The number of carbonyl (C=O) groups excluding carboxylic acids is 2. The highest BCUT2D eigenvalue weighted by Crippen LogP contribution is 2.44. The number of Topliss-reactive ketones (excluding diaryl/α,β-unsaturated/α-hetero) is 1. The summed E-state index contributed by atoms with van der Waals surface area (Å²) in [5, 5.41) is 19.9. The smallest absolute Gasteiger partial charge is 0.301 e. The van der Waals surface area contributed by atoms with Crippen LogP contribution >= 0.6 is 23.1 Å². The number of anilines is 1. The lowest BCUT2D eigenvalue weighted by Gasteiger charge is -2.24. The highest BCUT2D eigenvalue weighted by Gasteiger charge is 2.48. The predicted molar refractivity (Wildman–Crippen MR) is 152 cm³/mol. The van der Waals surface area contributed by atoms with Crippen LogP contribution in [0.2, 0.25) is 0 Å². The van der Waals surface area contributed by atoms with Gasteiger partial charge in [-0.15, -0.1) is 10.2 Å². The average molecular weight is 560 g/mol. The number of amides is 1. The van der Waals surface area contributed by atoms with E-state index in [1.807, 2.05) is 24.3 Å². The Kier molecular flexibility index (Phi) is 7.38. The zero-order valence-electron chi connectivity index (χ0n) is 21.6. The molecule has 1 aliphatic rings. The van der Waals surface area contributed by atoms with Gasteiger partial charge in [0.2, 0.25) is 5.13 Å². The van der Waals surface area contributed by atoms with Crippen LogP contribution in [0.25, 0.3) is 5.76 Å². The molecule has 39 heavy (non-hydrogen) atoms. The topological polar surface area (TPSA) is 83.4 Å². The monoisotopic (exact) mass is 559 g/mol. The van der Waals surface area contributed by atoms with E-state index in [0.717, 1.165) is 16.9 Å². The summed E-state index contributed by atoms with van der Waals surface area (Å²) in [6, 6.07) is 22.0. The number of aromatic nitrogens is 2. The van der Waals surface area contributed by atoms with Crippen LogP contribution in [-0.4, -0.2) is 27.0 Å². The second-order valence-electron chi connectivity index (χ2n) is 10.1. The Morgan fingerprint density at radius 2 is 1.64 bits per heavy atom. The molecule has 1 saturated heterocycles. The van der Waals surface area contributed by atoms with Gasteiger partial charge in [-0.2, -0.15) is 0 Å². The zero-order valence-corrected chi connectivity index (χ0v) is 23.2. The lowest BCUT2D eigenvalue weighted by atomic mass is 9.85. The van der Waals surface area contributed by atoms with Crippen molar-refractivity contribution in [2.24, 2.45) is 0 Å². The molecule has 2 heterocycles. The molecule has 1 atom stereocenters. The Bertz CT molecular complexity index is 1560. The van der Waals surface area contributed by atoms with Gasteiger partial charge in [0.05, 0.1) is 11.6 Å². The minimum Gasteiger partial charge on any atom is -0.507 e. The number of carbonyl (C=O) groups is 2. The van der Waals surface area contributed by atoms with Crippen molar-refractivity contribution in [3.8, 4) is 0 Å². The number of thioether (sulfide) groups is 1. The number of ketones is 1. The maximum atomic E-state index is 14.1. The van der Waals surface area contributed by atoms with Gasteiger partial charge in [-0.25, -0.2) is 4.39 Å². The standard InChI is InChI=1S/C30H26FN3O3S2/c1-30(2,3)21-15-13-18(14-16-21)24-23(25(35)19-9-5-4-6-10-19)26(36)27(37)34(24)28-32-33-29(39-28)38-17-20-11-7-8-12-22(20)31/h4-16,24,35H,17H2,1-3H3/b25-23-. The van der Waals surface area contributed by atoms with Crippen molar-refractivity contribution < 1.29 is 19.1 Å². The molecule has 0 bridgehead atoms. The molecule has 6 nitrogen and oxygen atoms in total. The Balaban J connectivity index is 1.55. The molecule has 198 valence electrons. The summed E-state index contributed by atoms with van der Waals surface area (Å²) in [6.45, 7) is 6.31. The van der Waals surface area contributed by atoms with Gasteiger partial charge in [-0.1, -0.05) is 117 Å². The lowest BCUT2D eigenvalue weighted by molar-refractivity contribution is -0.132. The fourth-order valence-electron chi connectivity index (χ4n) is 4.38. The third kappa shape index (κ3) is 5.37. The second kappa shape index (κ2) is 10.7. The number of hydrogen-bond donors (Lipinski definition) is 1. The summed E-state index contributed by atoms with van der Waals surface area (Å²) in [4.78, 5) is 28.1. The van der Waals surface area contributed by atoms with E-state index in [-0.39, 0.29) is 27.7 Å². The van der Waals surface area contributed by atoms with E-state index in [9.17, 15) is 19.1 Å². The fourth-order valence-corrected chi connectivity index (χ4v) is 6.23. The van der Waals surface area contributed by atoms with E-state index in [1.54, 1.807) is 48.5 Å². The third-order valence-corrected chi connectivity index (χ3v) is 8.60. The fraction of sp³-hybridized carbons (Fsp3) is 0.200. The summed E-state index contributed by atoms with van der Waals surface area (Å²) in [7, 11) is 0. The zero-order chi connectivity index (χ0) is 27.7. The van der Waals surface area contributed by atoms with Crippen LogP contribution in [0.15, 0.2) is 88.8 Å². The Morgan fingerprint density at radius 1 is 0.974 bits per heavy atom. The first-order chi connectivity index (χ1) is 18.6. The van der Waals surface area contributed by atoms with Gasteiger partial charge in [0.25, 0.3) is 5.78 Å². The Labute approximate surface area is 234 Å². The molecule has 5 rings (SSSR count). The molecule has 3 aromatic carbocycles. The van der Waals surface area contributed by atoms with Crippen molar-refractivity contribution in [3.05, 3.63) is 113 Å². The maximum Gasteiger partial charge on any atom is 0.301 e. The predicted octanol–water partition coefficient (Wildman–Crippen LogP) is 6.89. The van der Waals surface area contributed by atoms with Gasteiger partial charge in [0.15, 0.2) is 4.34 Å². The normalized spacial score (nSPS) is 17.1. The molecule has 1 unspecified atom stereocenters. The molecular weight excluding hydrogens is 533 g/mol. The molecular formula is C30H26FN3O3S2. The third-order valence-electron chi connectivity index (χ3n) is 6.49. The SMILES string of the molecule is CC(C)(C)c1ccc(C2/C(=C(/O)c3ccccc3)C(=O)C(=O)N2c2nnc(SCc3ccccc3F)s2)cc1. The molecule has 1 N–H and O–H groups in total. The van der Waals surface area contributed by atoms with Gasteiger partial charge < -0.3 is 5.11 Å². The van der Waals surface area contributed by atoms with Gasteiger partial charge in [0.1, 0.15) is 11.6 Å². The highest BCUT2D eigenvalue weighted by atomic mass is 32.2. The molecule has 0 radical (unpaired) electrons. The largest absolute Gasteiger partial charge is 0.507 e. The van der Waals surface area contributed by atoms with E-state index in [2.05, 4.69) is 31.0 Å². The van der Waals surface area contributed by atoms with Crippen LogP contribution in [0, 0.1) is 5.82 Å². The van der Waals surface area contributed by atoms with Crippen LogP contribution in [-0.2, 0) is 20.8 Å². The quantitative estimate of drug-likeness (QED) is 0.0910. The molecule has 0 saturated carbocycles. The Hall–Kier alpha value is -3.82. The van der Waals surface area contributed by atoms with E-state index >= 15 is 0 Å². The maximum absolute atomic E-state index is 14.1. The lowest BCUT2D eigenvalue weighted by Crippen LogP contribution is -2.29. The van der Waals surface area contributed by atoms with Crippen molar-refractivity contribution >= 4 is 45.7 Å².